The quantitative estimate of drug-likeness (QED) is 0.761. The van der Waals surface area contributed by atoms with Crippen molar-refractivity contribution in [2.45, 2.75) is 45.1 Å². The molecular formula is C19H25ClN2O4. The molecule has 26 heavy (non-hydrogen) atoms. The van der Waals surface area contributed by atoms with Gasteiger partial charge in [-0.05, 0) is 43.5 Å². The Morgan fingerprint density at radius 2 is 2.00 bits per heavy atom. The van der Waals surface area contributed by atoms with Crippen molar-refractivity contribution in [3.8, 4) is 0 Å². The van der Waals surface area contributed by atoms with E-state index in [4.69, 9.17) is 11.6 Å². The number of rotatable bonds is 7. The molecule has 142 valence electrons. The molecule has 1 heterocycles. The summed E-state index contributed by atoms with van der Waals surface area (Å²) >= 11 is 5.85. The lowest BCUT2D eigenvalue weighted by atomic mass is 9.95. The van der Waals surface area contributed by atoms with Crippen LogP contribution in [0, 0.1) is 5.92 Å². The van der Waals surface area contributed by atoms with Crippen molar-refractivity contribution in [3.05, 3.63) is 34.9 Å². The molecule has 1 aliphatic rings. The molecule has 0 aromatic heterocycles. The number of halogens is 1. The Kier molecular flexibility index (Phi) is 7.45. The first-order valence-corrected chi connectivity index (χ1v) is 9.38. The van der Waals surface area contributed by atoms with Crippen LogP contribution in [0.15, 0.2) is 24.3 Å². The van der Waals surface area contributed by atoms with Crippen LogP contribution in [0.3, 0.4) is 0 Å². The number of carboxylic acid groups (broad SMARTS) is 1. The molecule has 0 radical (unpaired) electrons. The summed E-state index contributed by atoms with van der Waals surface area (Å²) in [5, 5.41) is 12.5. The number of hydrogen-bond donors (Lipinski definition) is 2. The van der Waals surface area contributed by atoms with E-state index in [2.05, 4.69) is 5.32 Å². The van der Waals surface area contributed by atoms with Crippen LogP contribution in [0.25, 0.3) is 0 Å². The number of amides is 2. The third-order valence-corrected chi connectivity index (χ3v) is 4.88. The van der Waals surface area contributed by atoms with E-state index in [1.165, 1.54) is 0 Å². The number of piperidine rings is 1. The van der Waals surface area contributed by atoms with E-state index < -0.39 is 12.0 Å². The lowest BCUT2D eigenvalue weighted by molar-refractivity contribution is -0.143. The number of hydrogen-bond acceptors (Lipinski definition) is 3. The van der Waals surface area contributed by atoms with Crippen LogP contribution < -0.4 is 5.32 Å². The highest BCUT2D eigenvalue weighted by molar-refractivity contribution is 6.30. The number of carbonyl (C=O) groups excluding carboxylic acids is 2. The van der Waals surface area contributed by atoms with Crippen LogP contribution in [0.4, 0.5) is 0 Å². The number of nitrogens with one attached hydrogen (secondary N) is 1. The highest BCUT2D eigenvalue weighted by atomic mass is 35.5. The Labute approximate surface area is 158 Å². The van der Waals surface area contributed by atoms with Crippen molar-refractivity contribution in [2.24, 2.45) is 5.92 Å². The minimum atomic E-state index is -1.02. The van der Waals surface area contributed by atoms with Crippen LogP contribution in [0.2, 0.25) is 5.02 Å². The molecule has 1 unspecified atom stereocenters. The van der Waals surface area contributed by atoms with Crippen molar-refractivity contribution in [3.63, 3.8) is 0 Å². The minimum absolute atomic E-state index is 0.139. The highest BCUT2D eigenvalue weighted by Crippen LogP contribution is 2.20. The zero-order chi connectivity index (χ0) is 19.1. The standard InChI is InChI=1S/C19H25ClN2O4/c1-2-3-6-16(19(25)26)21-17(23)14-5-4-11-22(12-14)18(24)13-7-9-15(20)10-8-13/h7-10,14,16H,2-6,11-12H2,1H3,(H,21,23)(H,25,26)/t14?,16-/m0/s1. The van der Waals surface area contributed by atoms with Crippen molar-refractivity contribution < 1.29 is 19.5 Å². The molecule has 1 aromatic rings. The second-order valence-corrected chi connectivity index (χ2v) is 7.08. The van der Waals surface area contributed by atoms with Gasteiger partial charge in [-0.25, -0.2) is 4.79 Å². The molecule has 0 bridgehead atoms. The number of carboxylic acids is 1. The smallest absolute Gasteiger partial charge is 0.326 e. The molecule has 0 spiro atoms. The van der Waals surface area contributed by atoms with Gasteiger partial charge in [0.25, 0.3) is 5.91 Å². The molecule has 6 nitrogen and oxygen atoms in total. The summed E-state index contributed by atoms with van der Waals surface area (Å²) in [6.07, 6.45) is 3.38. The van der Waals surface area contributed by atoms with Crippen molar-refractivity contribution >= 4 is 29.4 Å². The Balaban J connectivity index is 1.97. The summed E-state index contributed by atoms with van der Waals surface area (Å²) in [6, 6.07) is 5.78. The number of unbranched alkanes of at least 4 members (excludes halogenated alkanes) is 1. The van der Waals surface area contributed by atoms with Gasteiger partial charge in [-0.3, -0.25) is 9.59 Å². The Bertz CT molecular complexity index is 647. The maximum Gasteiger partial charge on any atom is 0.326 e. The predicted octanol–water partition coefficient (Wildman–Crippen LogP) is 2.95. The van der Waals surface area contributed by atoms with E-state index >= 15 is 0 Å². The summed E-state index contributed by atoms with van der Waals surface area (Å²) in [5.74, 6) is -1.83. The first-order valence-electron chi connectivity index (χ1n) is 9.00. The first-order chi connectivity index (χ1) is 12.4. The number of nitrogens with zero attached hydrogens (tertiary/aromatic N) is 1. The number of likely N-dealkylation sites (tertiary alicyclic amines) is 1. The van der Waals surface area contributed by atoms with Crippen molar-refractivity contribution in [1.82, 2.24) is 10.2 Å². The lowest BCUT2D eigenvalue weighted by Crippen LogP contribution is -2.49. The van der Waals surface area contributed by atoms with E-state index in [9.17, 15) is 19.5 Å². The second-order valence-electron chi connectivity index (χ2n) is 6.64. The molecule has 1 fully saturated rings. The first kappa shape index (κ1) is 20.2. The zero-order valence-electron chi connectivity index (χ0n) is 14.9. The molecule has 1 saturated heterocycles. The summed E-state index contributed by atoms with van der Waals surface area (Å²) in [7, 11) is 0. The van der Waals surface area contributed by atoms with Crippen LogP contribution in [-0.2, 0) is 9.59 Å². The molecule has 0 saturated carbocycles. The van der Waals surface area contributed by atoms with Crippen LogP contribution >= 0.6 is 11.6 Å². The normalized spacial score (nSPS) is 18.2. The molecule has 2 rings (SSSR count). The fourth-order valence-electron chi connectivity index (χ4n) is 3.11. The summed E-state index contributed by atoms with van der Waals surface area (Å²) in [5.41, 5.74) is 0.529. The fourth-order valence-corrected chi connectivity index (χ4v) is 3.23. The average Bonchev–Trinajstić information content (AvgIpc) is 2.64. The van der Waals surface area contributed by atoms with E-state index in [-0.39, 0.29) is 17.7 Å². The van der Waals surface area contributed by atoms with Gasteiger partial charge in [0.05, 0.1) is 5.92 Å². The van der Waals surface area contributed by atoms with Crippen molar-refractivity contribution in [1.29, 1.82) is 0 Å². The fraction of sp³-hybridized carbons (Fsp3) is 0.526. The molecule has 2 atom stereocenters. The summed E-state index contributed by atoms with van der Waals surface area (Å²) in [4.78, 5) is 38.1. The number of carbonyl (C=O) groups is 3. The third-order valence-electron chi connectivity index (χ3n) is 4.63. The number of aliphatic carboxylic acids is 1. The predicted molar refractivity (Wildman–Crippen MR) is 99.2 cm³/mol. The average molecular weight is 381 g/mol. The zero-order valence-corrected chi connectivity index (χ0v) is 15.7. The van der Waals surface area contributed by atoms with Gasteiger partial charge in [-0.1, -0.05) is 31.4 Å². The third kappa shape index (κ3) is 5.46. The lowest BCUT2D eigenvalue weighted by Gasteiger charge is -2.32. The highest BCUT2D eigenvalue weighted by Gasteiger charge is 2.31. The molecule has 7 heteroatoms. The van der Waals surface area contributed by atoms with E-state index in [1.54, 1.807) is 29.2 Å². The largest absolute Gasteiger partial charge is 0.480 e. The molecule has 1 aromatic carbocycles. The molecule has 0 aliphatic carbocycles. The SMILES string of the molecule is CCCC[C@H](NC(=O)C1CCCN(C(=O)c2ccc(Cl)cc2)C1)C(=O)O. The van der Waals surface area contributed by atoms with E-state index in [0.29, 0.717) is 42.9 Å². The van der Waals surface area contributed by atoms with Gasteiger partial charge < -0.3 is 15.3 Å². The van der Waals surface area contributed by atoms with Gasteiger partial charge >= 0.3 is 5.97 Å². The monoisotopic (exact) mass is 380 g/mol. The topological polar surface area (TPSA) is 86.7 Å². The van der Waals surface area contributed by atoms with Crippen LogP contribution in [0.5, 0.6) is 0 Å². The minimum Gasteiger partial charge on any atom is -0.480 e. The van der Waals surface area contributed by atoms with Gasteiger partial charge in [0.15, 0.2) is 0 Å². The van der Waals surface area contributed by atoms with Crippen molar-refractivity contribution in [2.75, 3.05) is 13.1 Å². The summed E-state index contributed by atoms with van der Waals surface area (Å²) in [6.45, 7) is 2.86. The Morgan fingerprint density at radius 1 is 1.31 bits per heavy atom. The number of benzene rings is 1. The molecule has 2 amide bonds. The van der Waals surface area contributed by atoms with Crippen LogP contribution in [-0.4, -0.2) is 46.9 Å². The van der Waals surface area contributed by atoms with Gasteiger partial charge in [-0.2, -0.15) is 0 Å². The maximum absolute atomic E-state index is 12.6. The van der Waals surface area contributed by atoms with Gasteiger partial charge in [0.2, 0.25) is 5.91 Å². The van der Waals surface area contributed by atoms with Gasteiger partial charge in [-0.15, -0.1) is 0 Å². The molecular weight excluding hydrogens is 356 g/mol. The van der Waals surface area contributed by atoms with E-state index in [0.717, 1.165) is 12.8 Å². The van der Waals surface area contributed by atoms with Gasteiger partial charge in [0, 0.05) is 23.7 Å². The summed E-state index contributed by atoms with van der Waals surface area (Å²) < 4.78 is 0. The molecule has 1 aliphatic heterocycles. The Morgan fingerprint density at radius 3 is 2.62 bits per heavy atom. The van der Waals surface area contributed by atoms with E-state index in [1.807, 2.05) is 6.92 Å². The second kappa shape index (κ2) is 9.57. The van der Waals surface area contributed by atoms with Crippen LogP contribution in [0.1, 0.15) is 49.4 Å². The maximum atomic E-state index is 12.6. The van der Waals surface area contributed by atoms with Gasteiger partial charge in [0.1, 0.15) is 6.04 Å². The molecule has 2 N–H and O–H groups in total. The Hall–Kier alpha value is -2.08.